The van der Waals surface area contributed by atoms with Gasteiger partial charge in [-0.1, -0.05) is 0 Å². The Bertz CT molecular complexity index is 142. The average molecular weight is 83.1 g/mol. The van der Waals surface area contributed by atoms with Crippen LogP contribution in [-0.2, 0) is 0 Å². The van der Waals surface area contributed by atoms with Gasteiger partial charge in [-0.2, -0.15) is 0 Å². The highest BCUT2D eigenvalue weighted by Crippen LogP contribution is 1.90. The molecule has 0 atom stereocenters. The number of H-pyrrole nitrogens is 1. The molecule has 1 rings (SSSR count). The van der Waals surface area contributed by atoms with E-state index in [4.69, 9.17) is 7.10 Å². The lowest BCUT2D eigenvalue weighted by Gasteiger charge is -1.72. The molecule has 2 nitrogen and oxygen atoms in total. The summed E-state index contributed by atoms with van der Waals surface area (Å²) in [6, 6.07) is 1.97. The second-order valence-corrected chi connectivity index (χ2v) is 1.04. The molecule has 0 radical (unpaired) electrons. The van der Waals surface area contributed by atoms with Gasteiger partial charge in [0.25, 0.3) is 0 Å². The van der Waals surface area contributed by atoms with Crippen molar-refractivity contribution in [3.63, 3.8) is 0 Å². The van der Waals surface area contributed by atoms with Gasteiger partial charge in [-0.3, -0.25) is 0 Å². The Labute approximate surface area is 37.4 Å². The second kappa shape index (κ2) is 1.05. The first-order valence-electron chi connectivity index (χ1n) is 2.20. The first kappa shape index (κ1) is 2.29. The zero-order valence-electron chi connectivity index (χ0n) is 4.23. The SMILES string of the molecule is [2H]c1cc[nH]c1N. The number of hydrogen-bond acceptors (Lipinski definition) is 1. The van der Waals surface area contributed by atoms with Crippen molar-refractivity contribution in [3.05, 3.63) is 18.3 Å². The van der Waals surface area contributed by atoms with Crippen molar-refractivity contribution in [1.29, 1.82) is 0 Å². The molecule has 0 aliphatic rings. The van der Waals surface area contributed by atoms with Gasteiger partial charge < -0.3 is 10.7 Å². The molecule has 1 heterocycles. The molecule has 1 aromatic rings. The largest absolute Gasteiger partial charge is 0.385 e. The summed E-state index contributed by atoms with van der Waals surface area (Å²) in [5.74, 6) is 0.431. The maximum absolute atomic E-state index is 6.94. The van der Waals surface area contributed by atoms with E-state index in [1.807, 2.05) is 0 Å². The van der Waals surface area contributed by atoms with Crippen LogP contribution in [0.4, 0.5) is 5.82 Å². The third-order valence-corrected chi connectivity index (χ3v) is 0.561. The highest BCUT2D eigenvalue weighted by Gasteiger charge is 1.72. The van der Waals surface area contributed by atoms with Crippen molar-refractivity contribution in [3.8, 4) is 0 Å². The topological polar surface area (TPSA) is 41.8 Å². The number of nitrogens with one attached hydrogen (secondary N) is 1. The molecule has 0 saturated heterocycles. The van der Waals surface area contributed by atoms with Crippen molar-refractivity contribution in [2.75, 3.05) is 5.73 Å². The summed E-state index contributed by atoms with van der Waals surface area (Å²) in [6.45, 7) is 0. The van der Waals surface area contributed by atoms with Crippen molar-refractivity contribution in [1.82, 2.24) is 4.98 Å². The maximum Gasteiger partial charge on any atom is 0.100 e. The lowest BCUT2D eigenvalue weighted by atomic mass is 10.6. The monoisotopic (exact) mass is 83.1 g/mol. The number of aromatic nitrogens is 1. The molecule has 2 heteroatoms. The molecule has 0 fully saturated rings. The minimum atomic E-state index is 0.361. The van der Waals surface area contributed by atoms with Crippen LogP contribution in [0, 0.1) is 0 Å². The number of anilines is 1. The molecule has 0 unspecified atom stereocenters. The normalized spacial score (nSPS) is 11.0. The van der Waals surface area contributed by atoms with Gasteiger partial charge in [-0.25, -0.2) is 0 Å². The Morgan fingerprint density at radius 1 is 2.00 bits per heavy atom. The fraction of sp³-hybridized carbons (Fsp3) is 0. The van der Waals surface area contributed by atoms with Gasteiger partial charge in [-0.15, -0.1) is 0 Å². The van der Waals surface area contributed by atoms with E-state index in [9.17, 15) is 0 Å². The zero-order chi connectivity index (χ0) is 5.28. The van der Waals surface area contributed by atoms with Gasteiger partial charge in [0.2, 0.25) is 0 Å². The molecular weight excluding hydrogens is 76.1 g/mol. The van der Waals surface area contributed by atoms with Crippen LogP contribution in [0.2, 0.25) is 0 Å². The predicted octanol–water partition coefficient (Wildman–Crippen LogP) is 0.597. The first-order chi connectivity index (χ1) is 3.30. The summed E-state index contributed by atoms with van der Waals surface area (Å²) in [6.07, 6.45) is 1.64. The predicted molar refractivity (Wildman–Crippen MR) is 25.2 cm³/mol. The average Bonchev–Trinajstić information content (AvgIpc) is 1.91. The lowest BCUT2D eigenvalue weighted by molar-refractivity contribution is 1.42. The Balaban J connectivity index is 3.12. The van der Waals surface area contributed by atoms with Crippen LogP contribution in [-0.4, -0.2) is 4.98 Å². The van der Waals surface area contributed by atoms with E-state index in [1.54, 1.807) is 12.3 Å². The molecule has 0 amide bonds. The first-order valence-corrected chi connectivity index (χ1v) is 1.70. The standard InChI is InChI=1S/C4H6N2/c5-4-2-1-3-6-4/h1-3,6H,5H2/i2D. The number of nitrogens with two attached hydrogens (primary N) is 1. The smallest absolute Gasteiger partial charge is 0.100 e. The zero-order valence-corrected chi connectivity index (χ0v) is 3.23. The molecular formula is C4H6N2. The van der Waals surface area contributed by atoms with Gasteiger partial charge in [0.05, 0.1) is 1.37 Å². The summed E-state index contributed by atoms with van der Waals surface area (Å²) >= 11 is 0. The van der Waals surface area contributed by atoms with Gasteiger partial charge in [0, 0.05) is 6.20 Å². The van der Waals surface area contributed by atoms with Crippen LogP contribution in [0.1, 0.15) is 1.37 Å². The van der Waals surface area contributed by atoms with Crippen LogP contribution in [0.3, 0.4) is 0 Å². The highest BCUT2D eigenvalue weighted by molar-refractivity contribution is 5.26. The van der Waals surface area contributed by atoms with Crippen molar-refractivity contribution in [2.24, 2.45) is 0 Å². The minimum absolute atomic E-state index is 0.361. The third kappa shape index (κ3) is 0.360. The molecule has 1 aromatic heterocycles. The molecule has 0 aliphatic carbocycles. The third-order valence-electron chi connectivity index (χ3n) is 0.561. The fourth-order valence-corrected chi connectivity index (χ4v) is 0.305. The van der Waals surface area contributed by atoms with Gasteiger partial charge >= 0.3 is 0 Å². The van der Waals surface area contributed by atoms with Crippen LogP contribution in [0.5, 0.6) is 0 Å². The summed E-state index contributed by atoms with van der Waals surface area (Å²) in [5.41, 5.74) is 5.20. The summed E-state index contributed by atoms with van der Waals surface area (Å²) in [4.78, 5) is 2.66. The molecule has 6 heavy (non-hydrogen) atoms. The number of hydrogen-bond donors (Lipinski definition) is 2. The molecule has 0 aromatic carbocycles. The fourth-order valence-electron chi connectivity index (χ4n) is 0.305. The Morgan fingerprint density at radius 3 is 3.00 bits per heavy atom. The number of aromatic amines is 1. The van der Waals surface area contributed by atoms with E-state index >= 15 is 0 Å². The van der Waals surface area contributed by atoms with Crippen LogP contribution in [0.15, 0.2) is 18.3 Å². The summed E-state index contributed by atoms with van der Waals surface area (Å²) in [7, 11) is 0. The van der Waals surface area contributed by atoms with Gasteiger partial charge in [-0.05, 0) is 12.1 Å². The van der Waals surface area contributed by atoms with E-state index in [2.05, 4.69) is 4.98 Å². The van der Waals surface area contributed by atoms with Crippen molar-refractivity contribution < 1.29 is 1.37 Å². The highest BCUT2D eigenvalue weighted by atomic mass is 14.8. The van der Waals surface area contributed by atoms with Gasteiger partial charge in [0.1, 0.15) is 5.82 Å². The second-order valence-electron chi connectivity index (χ2n) is 1.04. The molecule has 0 bridgehead atoms. The van der Waals surface area contributed by atoms with E-state index in [-0.39, 0.29) is 0 Å². The van der Waals surface area contributed by atoms with Crippen LogP contribution in [0.25, 0.3) is 0 Å². The van der Waals surface area contributed by atoms with Crippen LogP contribution >= 0.6 is 0 Å². The van der Waals surface area contributed by atoms with E-state index in [0.717, 1.165) is 0 Å². The molecule has 0 spiro atoms. The quantitative estimate of drug-likeness (QED) is 0.473. The summed E-state index contributed by atoms with van der Waals surface area (Å²) < 4.78 is 6.94. The van der Waals surface area contributed by atoms with Gasteiger partial charge in [0.15, 0.2) is 0 Å². The number of rotatable bonds is 0. The Hall–Kier alpha value is -0.920. The molecule has 0 saturated carbocycles. The van der Waals surface area contributed by atoms with Crippen LogP contribution < -0.4 is 5.73 Å². The van der Waals surface area contributed by atoms with Crippen molar-refractivity contribution in [2.45, 2.75) is 0 Å². The molecule has 0 aliphatic heterocycles. The van der Waals surface area contributed by atoms with E-state index < -0.39 is 0 Å². The lowest BCUT2D eigenvalue weighted by Crippen LogP contribution is -1.79. The van der Waals surface area contributed by atoms with E-state index in [0.29, 0.717) is 11.9 Å². The molecule has 3 N–H and O–H groups in total. The molecule has 32 valence electrons. The summed E-state index contributed by atoms with van der Waals surface area (Å²) in [5, 5.41) is 0. The Kier molecular flexibility index (Phi) is 0.399. The Morgan fingerprint density at radius 2 is 2.83 bits per heavy atom. The maximum atomic E-state index is 6.94. The van der Waals surface area contributed by atoms with Crippen molar-refractivity contribution >= 4 is 5.82 Å². The van der Waals surface area contributed by atoms with E-state index in [1.165, 1.54) is 0 Å². The number of nitrogen functional groups attached to an aromatic ring is 1. The minimum Gasteiger partial charge on any atom is -0.385 e.